The van der Waals surface area contributed by atoms with Gasteiger partial charge in [0.05, 0.1) is 4.90 Å². The molecule has 6 nitrogen and oxygen atoms in total. The molecular formula is C20H25N3O3S. The summed E-state index contributed by atoms with van der Waals surface area (Å²) in [6, 6.07) is 16.2. The second kappa shape index (κ2) is 8.65. The largest absolute Gasteiger partial charge is 0.326 e. The highest BCUT2D eigenvalue weighted by atomic mass is 32.2. The summed E-state index contributed by atoms with van der Waals surface area (Å²) < 4.78 is 28.2. The molecule has 0 bridgehead atoms. The number of rotatable bonds is 7. The van der Waals surface area contributed by atoms with Gasteiger partial charge >= 0.3 is 0 Å². The molecule has 1 amide bonds. The quantitative estimate of drug-likeness (QED) is 0.766. The molecule has 0 spiro atoms. The molecule has 1 saturated heterocycles. The first kappa shape index (κ1) is 19.5. The van der Waals surface area contributed by atoms with Crippen LogP contribution in [0, 0.1) is 0 Å². The Morgan fingerprint density at radius 2 is 1.67 bits per heavy atom. The first-order valence-electron chi connectivity index (χ1n) is 9.12. The number of anilines is 1. The zero-order chi connectivity index (χ0) is 19.3. The lowest BCUT2D eigenvalue weighted by Crippen LogP contribution is -2.36. The molecule has 0 aromatic heterocycles. The van der Waals surface area contributed by atoms with Crippen LogP contribution in [-0.4, -0.2) is 38.9 Å². The number of sulfonamides is 1. The van der Waals surface area contributed by atoms with Crippen molar-refractivity contribution >= 4 is 21.6 Å². The Morgan fingerprint density at radius 1 is 1.04 bits per heavy atom. The number of carbonyl (C=O) groups excluding carboxylic acids is 1. The lowest BCUT2D eigenvalue weighted by molar-refractivity contribution is -0.114. The number of hydrogen-bond acceptors (Lipinski definition) is 4. The van der Waals surface area contributed by atoms with E-state index in [4.69, 9.17) is 0 Å². The minimum atomic E-state index is -3.63. The predicted octanol–water partition coefficient (Wildman–Crippen LogP) is 2.76. The fourth-order valence-electron chi connectivity index (χ4n) is 3.38. The Bertz CT molecular complexity index is 861. The maximum absolute atomic E-state index is 12.7. The number of carbonyl (C=O) groups is 1. The summed E-state index contributed by atoms with van der Waals surface area (Å²) in [7, 11) is -3.63. The highest BCUT2D eigenvalue weighted by molar-refractivity contribution is 7.89. The smallest absolute Gasteiger partial charge is 0.240 e. The van der Waals surface area contributed by atoms with Gasteiger partial charge in [-0.2, -0.15) is 0 Å². The van der Waals surface area contributed by atoms with E-state index in [0.717, 1.165) is 31.5 Å². The molecule has 0 saturated carbocycles. The van der Waals surface area contributed by atoms with E-state index in [1.54, 1.807) is 12.1 Å². The van der Waals surface area contributed by atoms with Gasteiger partial charge in [-0.05, 0) is 55.8 Å². The van der Waals surface area contributed by atoms with E-state index in [9.17, 15) is 13.2 Å². The molecule has 144 valence electrons. The number of likely N-dealkylation sites (tertiary alicyclic amines) is 1. The van der Waals surface area contributed by atoms with Crippen LogP contribution in [0.4, 0.5) is 5.69 Å². The van der Waals surface area contributed by atoms with Gasteiger partial charge in [-0.25, -0.2) is 13.1 Å². The SMILES string of the molecule is CC(=O)Nc1ccc(S(=O)(=O)NC[C@@H](c2ccccc2)N2CCCC2)cc1. The Kier molecular flexibility index (Phi) is 6.26. The molecular weight excluding hydrogens is 362 g/mol. The Balaban J connectivity index is 1.72. The topological polar surface area (TPSA) is 78.5 Å². The highest BCUT2D eigenvalue weighted by Gasteiger charge is 2.25. The Hall–Kier alpha value is -2.22. The van der Waals surface area contributed by atoms with Crippen LogP contribution in [-0.2, 0) is 14.8 Å². The average Bonchev–Trinajstić information content (AvgIpc) is 3.17. The van der Waals surface area contributed by atoms with Crippen molar-refractivity contribution in [2.45, 2.75) is 30.7 Å². The normalized spacial score (nSPS) is 16.2. The van der Waals surface area contributed by atoms with E-state index in [1.165, 1.54) is 19.1 Å². The maximum atomic E-state index is 12.7. The second-order valence-corrected chi connectivity index (χ2v) is 8.49. The van der Waals surface area contributed by atoms with Crippen LogP contribution in [0.25, 0.3) is 0 Å². The van der Waals surface area contributed by atoms with E-state index >= 15 is 0 Å². The zero-order valence-electron chi connectivity index (χ0n) is 15.4. The lowest BCUT2D eigenvalue weighted by Gasteiger charge is -2.28. The molecule has 2 N–H and O–H groups in total. The second-order valence-electron chi connectivity index (χ2n) is 6.73. The van der Waals surface area contributed by atoms with Crippen molar-refractivity contribution in [3.05, 3.63) is 60.2 Å². The number of benzene rings is 2. The molecule has 3 rings (SSSR count). The number of amides is 1. The van der Waals surface area contributed by atoms with Crippen LogP contribution in [0.3, 0.4) is 0 Å². The summed E-state index contributed by atoms with van der Waals surface area (Å²) >= 11 is 0. The van der Waals surface area contributed by atoms with Gasteiger partial charge in [-0.15, -0.1) is 0 Å². The van der Waals surface area contributed by atoms with E-state index in [0.29, 0.717) is 12.2 Å². The van der Waals surface area contributed by atoms with E-state index < -0.39 is 10.0 Å². The highest BCUT2D eigenvalue weighted by Crippen LogP contribution is 2.25. The van der Waals surface area contributed by atoms with Crippen molar-refractivity contribution in [2.24, 2.45) is 0 Å². The van der Waals surface area contributed by atoms with Gasteiger partial charge in [0.1, 0.15) is 0 Å². The molecule has 7 heteroatoms. The van der Waals surface area contributed by atoms with Crippen molar-refractivity contribution in [1.29, 1.82) is 0 Å². The van der Waals surface area contributed by atoms with Crippen LogP contribution in [0.2, 0.25) is 0 Å². The number of hydrogen-bond donors (Lipinski definition) is 2. The van der Waals surface area contributed by atoms with Crippen LogP contribution in [0.1, 0.15) is 31.4 Å². The van der Waals surface area contributed by atoms with Gasteiger partial charge in [0, 0.05) is 25.2 Å². The first-order chi connectivity index (χ1) is 13.0. The molecule has 1 fully saturated rings. The summed E-state index contributed by atoms with van der Waals surface area (Å²) in [5.74, 6) is -0.194. The molecule has 1 aliphatic heterocycles. The van der Waals surface area contributed by atoms with Crippen molar-refractivity contribution in [3.8, 4) is 0 Å². The van der Waals surface area contributed by atoms with E-state index in [-0.39, 0.29) is 16.8 Å². The molecule has 2 aromatic rings. The number of nitrogens with zero attached hydrogens (tertiary/aromatic N) is 1. The molecule has 1 heterocycles. The monoisotopic (exact) mass is 387 g/mol. The molecule has 27 heavy (non-hydrogen) atoms. The fourth-order valence-corrected chi connectivity index (χ4v) is 4.42. The van der Waals surface area contributed by atoms with Crippen LogP contribution >= 0.6 is 0 Å². The standard InChI is InChI=1S/C20H25N3O3S/c1-16(24)22-18-9-11-19(12-10-18)27(25,26)21-15-20(23-13-5-6-14-23)17-7-3-2-4-8-17/h2-4,7-12,20-21H,5-6,13-15H2,1H3,(H,22,24)/t20-/m0/s1. The van der Waals surface area contributed by atoms with Crippen molar-refractivity contribution in [2.75, 3.05) is 25.0 Å². The van der Waals surface area contributed by atoms with Gasteiger partial charge in [0.2, 0.25) is 15.9 Å². The summed E-state index contributed by atoms with van der Waals surface area (Å²) in [5, 5.41) is 2.63. The number of nitrogens with one attached hydrogen (secondary N) is 2. The zero-order valence-corrected chi connectivity index (χ0v) is 16.2. The molecule has 2 aromatic carbocycles. The summed E-state index contributed by atoms with van der Waals surface area (Å²) in [6.45, 7) is 3.69. The van der Waals surface area contributed by atoms with Gasteiger partial charge in [-0.3, -0.25) is 9.69 Å². The lowest BCUT2D eigenvalue weighted by atomic mass is 10.1. The molecule has 0 radical (unpaired) electrons. The van der Waals surface area contributed by atoms with Crippen LogP contribution < -0.4 is 10.0 Å². The van der Waals surface area contributed by atoms with Gasteiger partial charge < -0.3 is 5.32 Å². The van der Waals surface area contributed by atoms with Gasteiger partial charge in [0.25, 0.3) is 0 Å². The first-order valence-corrected chi connectivity index (χ1v) is 10.6. The van der Waals surface area contributed by atoms with E-state index in [1.807, 2.05) is 30.3 Å². The fraction of sp³-hybridized carbons (Fsp3) is 0.350. The summed E-state index contributed by atoms with van der Waals surface area (Å²) in [5.41, 5.74) is 1.68. The third kappa shape index (κ3) is 5.15. The third-order valence-electron chi connectivity index (χ3n) is 4.72. The van der Waals surface area contributed by atoms with Crippen molar-refractivity contribution in [3.63, 3.8) is 0 Å². The summed E-state index contributed by atoms with van der Waals surface area (Å²) in [6.07, 6.45) is 2.28. The molecule has 0 aliphatic carbocycles. The van der Waals surface area contributed by atoms with Crippen LogP contribution in [0.15, 0.2) is 59.5 Å². The minimum absolute atomic E-state index is 0.0159. The average molecular weight is 388 g/mol. The van der Waals surface area contributed by atoms with Crippen LogP contribution in [0.5, 0.6) is 0 Å². The minimum Gasteiger partial charge on any atom is -0.326 e. The Labute approximate surface area is 160 Å². The molecule has 1 aliphatic rings. The van der Waals surface area contributed by atoms with Crippen molar-refractivity contribution < 1.29 is 13.2 Å². The van der Waals surface area contributed by atoms with Crippen molar-refractivity contribution in [1.82, 2.24) is 9.62 Å². The van der Waals surface area contributed by atoms with Gasteiger partial charge in [-0.1, -0.05) is 30.3 Å². The third-order valence-corrected chi connectivity index (χ3v) is 6.16. The van der Waals surface area contributed by atoms with Gasteiger partial charge in [0.15, 0.2) is 0 Å². The summed E-state index contributed by atoms with van der Waals surface area (Å²) in [4.78, 5) is 13.6. The molecule has 1 atom stereocenters. The Morgan fingerprint density at radius 3 is 2.26 bits per heavy atom. The maximum Gasteiger partial charge on any atom is 0.240 e. The predicted molar refractivity (Wildman–Crippen MR) is 106 cm³/mol. The molecule has 0 unspecified atom stereocenters. The van der Waals surface area contributed by atoms with E-state index in [2.05, 4.69) is 14.9 Å².